The van der Waals surface area contributed by atoms with Crippen molar-refractivity contribution in [2.24, 2.45) is 4.99 Å². The predicted molar refractivity (Wildman–Crippen MR) is 73.7 cm³/mol. The lowest BCUT2D eigenvalue weighted by Gasteiger charge is -2.05. The van der Waals surface area contributed by atoms with Gasteiger partial charge in [-0.15, -0.1) is 5.92 Å². The summed E-state index contributed by atoms with van der Waals surface area (Å²) in [6.45, 7) is 2.38. The molecule has 0 fully saturated rings. The lowest BCUT2D eigenvalue weighted by atomic mass is 10.0. The fourth-order valence-electron chi connectivity index (χ4n) is 2.17. The molecule has 88 valence electrons. The van der Waals surface area contributed by atoms with Crippen molar-refractivity contribution in [1.82, 2.24) is 0 Å². The molecule has 0 radical (unpaired) electrons. The van der Waals surface area contributed by atoms with Crippen LogP contribution >= 0.6 is 0 Å². The number of nitrogens with zero attached hydrogens (tertiary/aromatic N) is 1. The molecule has 1 aliphatic rings. The molecular formula is C16H13NO. The maximum Gasteiger partial charge on any atom is 0.218 e. The van der Waals surface area contributed by atoms with Gasteiger partial charge in [-0.25, -0.2) is 4.99 Å². The molecule has 2 heteroatoms. The summed E-state index contributed by atoms with van der Waals surface area (Å²) in [5.41, 5.74) is 1.05. The monoisotopic (exact) mass is 235 g/mol. The van der Waals surface area contributed by atoms with E-state index in [1.807, 2.05) is 31.2 Å². The minimum atomic E-state index is -0.0241. The van der Waals surface area contributed by atoms with Gasteiger partial charge in [-0.1, -0.05) is 42.3 Å². The van der Waals surface area contributed by atoms with Crippen LogP contribution in [-0.4, -0.2) is 18.5 Å². The maximum atomic E-state index is 5.66. The Morgan fingerprint density at radius 2 is 2.00 bits per heavy atom. The van der Waals surface area contributed by atoms with Crippen LogP contribution in [0.15, 0.2) is 47.5 Å². The lowest BCUT2D eigenvalue weighted by molar-refractivity contribution is 0.334. The number of ether oxygens (including phenoxy) is 1. The molecule has 0 amide bonds. The van der Waals surface area contributed by atoms with E-state index in [0.717, 1.165) is 5.56 Å². The average Bonchev–Trinajstić information content (AvgIpc) is 2.87. The second-order valence-electron chi connectivity index (χ2n) is 4.18. The largest absolute Gasteiger partial charge is 0.474 e. The minimum Gasteiger partial charge on any atom is -0.474 e. The van der Waals surface area contributed by atoms with Gasteiger partial charge in [-0.2, -0.15) is 0 Å². The van der Waals surface area contributed by atoms with E-state index >= 15 is 0 Å². The summed E-state index contributed by atoms with van der Waals surface area (Å²) in [6, 6.07) is 14.4. The highest BCUT2D eigenvalue weighted by Crippen LogP contribution is 2.22. The van der Waals surface area contributed by atoms with Crippen LogP contribution in [0, 0.1) is 11.8 Å². The number of aliphatic imine (C=N–C) groups is 1. The van der Waals surface area contributed by atoms with E-state index in [9.17, 15) is 0 Å². The minimum absolute atomic E-state index is 0.0241. The Balaban J connectivity index is 2.09. The summed E-state index contributed by atoms with van der Waals surface area (Å²) < 4.78 is 5.66. The molecule has 1 heterocycles. The van der Waals surface area contributed by atoms with Crippen LogP contribution in [0.25, 0.3) is 10.8 Å². The SMILES string of the molecule is CC#C[C@@H]1COC(c2cccc3ccccc23)=N1. The first-order valence-electron chi connectivity index (χ1n) is 5.99. The predicted octanol–water partition coefficient (Wildman–Crippen LogP) is 3.01. The van der Waals surface area contributed by atoms with Crippen LogP contribution in [0.3, 0.4) is 0 Å². The van der Waals surface area contributed by atoms with E-state index in [1.54, 1.807) is 0 Å². The average molecular weight is 235 g/mol. The van der Waals surface area contributed by atoms with Gasteiger partial charge in [0.25, 0.3) is 0 Å². The van der Waals surface area contributed by atoms with Gasteiger partial charge < -0.3 is 4.74 Å². The molecule has 0 aromatic heterocycles. The highest BCUT2D eigenvalue weighted by Gasteiger charge is 2.19. The molecule has 2 nitrogen and oxygen atoms in total. The second kappa shape index (κ2) is 4.54. The quantitative estimate of drug-likeness (QED) is 0.696. The highest BCUT2D eigenvalue weighted by molar-refractivity contribution is 6.07. The van der Waals surface area contributed by atoms with E-state index in [-0.39, 0.29) is 6.04 Å². The van der Waals surface area contributed by atoms with Crippen LogP contribution < -0.4 is 0 Å². The first-order valence-corrected chi connectivity index (χ1v) is 5.99. The van der Waals surface area contributed by atoms with Crippen LogP contribution in [-0.2, 0) is 4.74 Å². The van der Waals surface area contributed by atoms with E-state index in [0.29, 0.717) is 12.5 Å². The summed E-state index contributed by atoms with van der Waals surface area (Å²) in [5.74, 6) is 6.62. The smallest absolute Gasteiger partial charge is 0.218 e. The van der Waals surface area contributed by atoms with E-state index < -0.39 is 0 Å². The molecule has 0 saturated heterocycles. The molecule has 2 aromatic rings. The van der Waals surface area contributed by atoms with Crippen molar-refractivity contribution in [2.45, 2.75) is 13.0 Å². The lowest BCUT2D eigenvalue weighted by Crippen LogP contribution is -2.03. The fraction of sp³-hybridized carbons (Fsp3) is 0.188. The third kappa shape index (κ3) is 1.84. The van der Waals surface area contributed by atoms with Gasteiger partial charge in [0, 0.05) is 5.56 Å². The molecule has 0 aliphatic carbocycles. The summed E-state index contributed by atoms with van der Waals surface area (Å²) in [5, 5.41) is 2.37. The van der Waals surface area contributed by atoms with E-state index in [2.05, 4.69) is 35.0 Å². The van der Waals surface area contributed by atoms with Crippen LogP contribution in [0.4, 0.5) is 0 Å². The molecule has 1 aliphatic heterocycles. The van der Waals surface area contributed by atoms with Crippen molar-refractivity contribution < 1.29 is 4.74 Å². The van der Waals surface area contributed by atoms with Gasteiger partial charge in [-0.05, 0) is 23.8 Å². The van der Waals surface area contributed by atoms with Crippen molar-refractivity contribution in [3.8, 4) is 11.8 Å². The summed E-state index contributed by atoms with van der Waals surface area (Å²) >= 11 is 0. The van der Waals surface area contributed by atoms with Crippen molar-refractivity contribution in [1.29, 1.82) is 0 Å². The summed E-state index contributed by atoms with van der Waals surface area (Å²) in [4.78, 5) is 4.52. The Hall–Kier alpha value is -2.27. The van der Waals surface area contributed by atoms with Crippen LogP contribution in [0.2, 0.25) is 0 Å². The first kappa shape index (κ1) is 10.9. The van der Waals surface area contributed by atoms with Gasteiger partial charge in [-0.3, -0.25) is 0 Å². The number of hydrogen-bond acceptors (Lipinski definition) is 2. The van der Waals surface area contributed by atoms with Gasteiger partial charge in [0.2, 0.25) is 5.90 Å². The van der Waals surface area contributed by atoms with Crippen molar-refractivity contribution in [3.63, 3.8) is 0 Å². The first-order chi connectivity index (χ1) is 8.88. The standard InChI is InChI=1S/C16H13NO/c1-2-6-13-11-18-16(17-13)15-10-5-8-12-7-3-4-9-14(12)15/h3-5,7-10,13H,11H2,1H3/t13-/m1/s1. The van der Waals surface area contributed by atoms with Gasteiger partial charge in [0.15, 0.2) is 0 Å². The van der Waals surface area contributed by atoms with Crippen LogP contribution in [0.1, 0.15) is 12.5 Å². The van der Waals surface area contributed by atoms with E-state index in [4.69, 9.17) is 4.74 Å². The Morgan fingerprint density at radius 3 is 2.89 bits per heavy atom. The Bertz CT molecular complexity index is 671. The number of fused-ring (bicyclic) bond motifs is 1. The van der Waals surface area contributed by atoms with Crippen molar-refractivity contribution in [2.75, 3.05) is 6.61 Å². The summed E-state index contributed by atoms with van der Waals surface area (Å²) in [7, 11) is 0. The molecule has 0 bridgehead atoms. The molecule has 18 heavy (non-hydrogen) atoms. The second-order valence-corrected chi connectivity index (χ2v) is 4.18. The number of hydrogen-bond donors (Lipinski definition) is 0. The Labute approximate surface area is 106 Å². The molecular weight excluding hydrogens is 222 g/mol. The molecule has 3 rings (SSSR count). The van der Waals surface area contributed by atoms with Gasteiger partial charge in [0.1, 0.15) is 12.6 Å². The molecule has 0 unspecified atom stereocenters. The van der Waals surface area contributed by atoms with Crippen molar-refractivity contribution >= 4 is 16.7 Å². The van der Waals surface area contributed by atoms with E-state index in [1.165, 1.54) is 10.8 Å². The number of rotatable bonds is 1. The van der Waals surface area contributed by atoms with Gasteiger partial charge >= 0.3 is 0 Å². The zero-order valence-corrected chi connectivity index (χ0v) is 10.2. The topological polar surface area (TPSA) is 21.6 Å². The number of benzene rings is 2. The molecule has 2 aromatic carbocycles. The molecule has 1 atom stereocenters. The molecule has 0 N–H and O–H groups in total. The van der Waals surface area contributed by atoms with Crippen LogP contribution in [0.5, 0.6) is 0 Å². The highest BCUT2D eigenvalue weighted by atomic mass is 16.5. The third-order valence-corrected chi connectivity index (χ3v) is 2.98. The Kier molecular flexibility index (Phi) is 2.74. The zero-order valence-electron chi connectivity index (χ0n) is 10.2. The van der Waals surface area contributed by atoms with Crippen molar-refractivity contribution in [3.05, 3.63) is 48.0 Å². The molecule has 0 saturated carbocycles. The third-order valence-electron chi connectivity index (χ3n) is 2.98. The maximum absolute atomic E-state index is 5.66. The normalized spacial score (nSPS) is 17.8. The Morgan fingerprint density at radius 1 is 1.17 bits per heavy atom. The summed E-state index contributed by atoms with van der Waals surface area (Å²) in [6.07, 6.45) is 0. The molecule has 0 spiro atoms. The van der Waals surface area contributed by atoms with Gasteiger partial charge in [0.05, 0.1) is 0 Å². The fourth-order valence-corrected chi connectivity index (χ4v) is 2.17. The zero-order chi connectivity index (χ0) is 12.4.